The van der Waals surface area contributed by atoms with Crippen LogP contribution in [-0.2, 0) is 6.54 Å². The van der Waals surface area contributed by atoms with Crippen molar-refractivity contribution in [3.8, 4) is 0 Å². The molecule has 3 heterocycles. The molecule has 1 fully saturated rings. The SMILES string of the molecule is CNC(=O)c1ccc(N2CCN(Cc3ccc4c(C)c(C)c(=O)[nH]c4c3F)CC2)c(F)n1. The molecule has 1 amide bonds. The third-order valence-electron chi connectivity index (χ3n) is 6.16. The van der Waals surface area contributed by atoms with Gasteiger partial charge in [0.15, 0.2) is 5.82 Å². The molecule has 32 heavy (non-hydrogen) atoms. The van der Waals surface area contributed by atoms with Crippen LogP contribution in [0.15, 0.2) is 29.1 Å². The summed E-state index contributed by atoms with van der Waals surface area (Å²) in [5, 5.41) is 3.13. The summed E-state index contributed by atoms with van der Waals surface area (Å²) in [5.74, 6) is -1.54. The normalized spacial score (nSPS) is 14.7. The van der Waals surface area contributed by atoms with E-state index in [-0.39, 0.29) is 16.8 Å². The fourth-order valence-corrected chi connectivity index (χ4v) is 4.06. The summed E-state index contributed by atoms with van der Waals surface area (Å²) < 4.78 is 29.6. The number of piperazine rings is 1. The molecule has 2 aromatic heterocycles. The van der Waals surface area contributed by atoms with Gasteiger partial charge in [-0.05, 0) is 31.5 Å². The molecule has 0 radical (unpaired) electrons. The fraction of sp³-hybridized carbons (Fsp3) is 0.348. The molecule has 1 aromatic carbocycles. The highest BCUT2D eigenvalue weighted by molar-refractivity contribution is 5.92. The van der Waals surface area contributed by atoms with E-state index in [0.717, 1.165) is 5.56 Å². The number of halogens is 2. The van der Waals surface area contributed by atoms with Crippen molar-refractivity contribution in [3.05, 3.63) is 68.8 Å². The second kappa shape index (κ2) is 8.66. The van der Waals surface area contributed by atoms with Crippen molar-refractivity contribution in [1.82, 2.24) is 20.2 Å². The molecule has 4 rings (SSSR count). The number of nitrogens with zero attached hydrogens (tertiary/aromatic N) is 3. The Labute approximate surface area is 184 Å². The smallest absolute Gasteiger partial charge is 0.269 e. The Morgan fingerprint density at radius 2 is 1.81 bits per heavy atom. The maximum atomic E-state index is 15.1. The van der Waals surface area contributed by atoms with Crippen molar-refractivity contribution in [2.45, 2.75) is 20.4 Å². The maximum Gasteiger partial charge on any atom is 0.269 e. The highest BCUT2D eigenvalue weighted by Crippen LogP contribution is 2.25. The molecule has 7 nitrogen and oxygen atoms in total. The Bertz CT molecular complexity index is 1250. The lowest BCUT2D eigenvalue weighted by molar-refractivity contribution is 0.0957. The van der Waals surface area contributed by atoms with Crippen molar-refractivity contribution in [1.29, 1.82) is 0 Å². The van der Waals surface area contributed by atoms with E-state index in [4.69, 9.17) is 0 Å². The van der Waals surface area contributed by atoms with Gasteiger partial charge in [-0.25, -0.2) is 9.37 Å². The minimum absolute atomic E-state index is 0.0302. The molecule has 1 saturated heterocycles. The lowest BCUT2D eigenvalue weighted by Gasteiger charge is -2.36. The van der Waals surface area contributed by atoms with E-state index in [9.17, 15) is 14.0 Å². The zero-order valence-electron chi connectivity index (χ0n) is 18.3. The van der Waals surface area contributed by atoms with Crippen molar-refractivity contribution in [2.24, 2.45) is 0 Å². The van der Waals surface area contributed by atoms with E-state index >= 15 is 4.39 Å². The third-order valence-corrected chi connectivity index (χ3v) is 6.16. The second-order valence-corrected chi connectivity index (χ2v) is 8.01. The van der Waals surface area contributed by atoms with Gasteiger partial charge >= 0.3 is 0 Å². The molecule has 0 spiro atoms. The predicted molar refractivity (Wildman–Crippen MR) is 119 cm³/mol. The molecule has 168 valence electrons. The molecule has 0 aliphatic carbocycles. The fourth-order valence-electron chi connectivity index (χ4n) is 4.06. The quantitative estimate of drug-likeness (QED) is 0.608. The molecule has 1 aliphatic rings. The second-order valence-electron chi connectivity index (χ2n) is 8.01. The molecule has 0 bridgehead atoms. The Balaban J connectivity index is 1.47. The van der Waals surface area contributed by atoms with Crippen LogP contribution in [0.25, 0.3) is 10.9 Å². The van der Waals surface area contributed by atoms with E-state index in [0.29, 0.717) is 54.9 Å². The van der Waals surface area contributed by atoms with E-state index in [1.165, 1.54) is 13.1 Å². The zero-order chi connectivity index (χ0) is 23.0. The number of carbonyl (C=O) groups is 1. The van der Waals surface area contributed by atoms with Gasteiger partial charge in [0.25, 0.3) is 11.5 Å². The zero-order valence-corrected chi connectivity index (χ0v) is 18.3. The summed E-state index contributed by atoms with van der Waals surface area (Å²) in [6.45, 7) is 6.24. The van der Waals surface area contributed by atoms with E-state index in [2.05, 4.69) is 20.2 Å². The van der Waals surface area contributed by atoms with Crippen molar-refractivity contribution in [3.63, 3.8) is 0 Å². The van der Waals surface area contributed by atoms with Gasteiger partial charge in [-0.15, -0.1) is 0 Å². The van der Waals surface area contributed by atoms with E-state index in [1.807, 2.05) is 17.9 Å². The summed E-state index contributed by atoms with van der Waals surface area (Å²) in [7, 11) is 1.47. The molecule has 0 saturated carbocycles. The van der Waals surface area contributed by atoms with Crippen molar-refractivity contribution >= 4 is 22.5 Å². The van der Waals surface area contributed by atoms with Crippen LogP contribution in [0.5, 0.6) is 0 Å². The number of fused-ring (bicyclic) bond motifs is 1. The van der Waals surface area contributed by atoms with Crippen molar-refractivity contribution < 1.29 is 13.6 Å². The highest BCUT2D eigenvalue weighted by Gasteiger charge is 2.22. The average molecular weight is 441 g/mol. The Hall–Kier alpha value is -3.33. The first-order valence-corrected chi connectivity index (χ1v) is 10.5. The van der Waals surface area contributed by atoms with Gasteiger partial charge in [0.1, 0.15) is 5.69 Å². The minimum Gasteiger partial charge on any atom is -0.365 e. The molecular weight excluding hydrogens is 416 g/mol. The summed E-state index contributed by atoms with van der Waals surface area (Å²) in [4.78, 5) is 34.1. The molecule has 0 atom stereocenters. The van der Waals surface area contributed by atoms with Crippen LogP contribution < -0.4 is 15.8 Å². The first-order chi connectivity index (χ1) is 15.3. The molecule has 3 aromatic rings. The Morgan fingerprint density at radius 3 is 2.47 bits per heavy atom. The first-order valence-electron chi connectivity index (χ1n) is 10.5. The van der Waals surface area contributed by atoms with E-state index < -0.39 is 17.7 Å². The highest BCUT2D eigenvalue weighted by atomic mass is 19.1. The number of aryl methyl sites for hydroxylation is 1. The number of rotatable bonds is 4. The van der Waals surface area contributed by atoms with Crippen LogP contribution in [0.4, 0.5) is 14.5 Å². The number of carbonyl (C=O) groups excluding carboxylic acids is 1. The Morgan fingerprint density at radius 1 is 1.09 bits per heavy atom. The number of benzene rings is 1. The topological polar surface area (TPSA) is 81.3 Å². The number of hydrogen-bond acceptors (Lipinski definition) is 5. The number of anilines is 1. The largest absolute Gasteiger partial charge is 0.365 e. The molecular formula is C23H25F2N5O2. The van der Waals surface area contributed by atoms with Gasteiger partial charge in [-0.2, -0.15) is 4.39 Å². The van der Waals surface area contributed by atoms with E-state index in [1.54, 1.807) is 19.1 Å². The summed E-state index contributed by atoms with van der Waals surface area (Å²) in [6.07, 6.45) is 0. The summed E-state index contributed by atoms with van der Waals surface area (Å²) in [5.41, 5.74) is 2.20. The molecule has 9 heteroatoms. The number of amides is 1. The number of nitrogens with one attached hydrogen (secondary N) is 2. The maximum absolute atomic E-state index is 15.1. The number of H-pyrrole nitrogens is 1. The lowest BCUT2D eigenvalue weighted by atomic mass is 10.0. The van der Waals surface area contributed by atoms with Gasteiger partial charge in [0.05, 0.1) is 11.2 Å². The van der Waals surface area contributed by atoms with Crippen LogP contribution >= 0.6 is 0 Å². The number of hydrogen-bond donors (Lipinski definition) is 2. The average Bonchev–Trinajstić information content (AvgIpc) is 2.80. The monoisotopic (exact) mass is 441 g/mol. The predicted octanol–water partition coefficient (Wildman–Crippen LogP) is 2.50. The number of pyridine rings is 2. The standard InChI is InChI=1S/C23H25F2N5O2/c1-13-14(2)22(31)28-20-16(13)5-4-15(19(20)24)12-29-8-10-30(11-9-29)18-7-6-17(23(32)26-3)27-21(18)25/h4-7H,8-12H2,1-3H3,(H,26,32)(H,28,31). The van der Waals surface area contributed by atoms with Crippen LogP contribution in [0, 0.1) is 25.6 Å². The lowest BCUT2D eigenvalue weighted by Crippen LogP contribution is -2.46. The molecule has 1 aliphatic heterocycles. The van der Waals surface area contributed by atoms with Gasteiger partial charge < -0.3 is 15.2 Å². The minimum atomic E-state index is -0.685. The first kappa shape index (κ1) is 21.9. The number of aromatic amines is 1. The van der Waals surface area contributed by atoms with Gasteiger partial charge in [-0.1, -0.05) is 12.1 Å². The van der Waals surface area contributed by atoms with Crippen LogP contribution in [-0.4, -0.2) is 54.0 Å². The van der Waals surface area contributed by atoms with Gasteiger partial charge in [0, 0.05) is 56.3 Å². The molecule has 0 unspecified atom stereocenters. The van der Waals surface area contributed by atoms with Crippen LogP contribution in [0.3, 0.4) is 0 Å². The van der Waals surface area contributed by atoms with Gasteiger partial charge in [0.2, 0.25) is 5.95 Å². The van der Waals surface area contributed by atoms with Crippen molar-refractivity contribution in [2.75, 3.05) is 38.1 Å². The third kappa shape index (κ3) is 3.95. The van der Waals surface area contributed by atoms with Crippen LogP contribution in [0.1, 0.15) is 27.2 Å². The number of aromatic nitrogens is 2. The Kier molecular flexibility index (Phi) is 5.92. The van der Waals surface area contributed by atoms with Gasteiger partial charge in [-0.3, -0.25) is 14.5 Å². The summed E-state index contributed by atoms with van der Waals surface area (Å²) >= 11 is 0. The summed E-state index contributed by atoms with van der Waals surface area (Å²) in [6, 6.07) is 6.66. The molecule has 2 N–H and O–H groups in total. The van der Waals surface area contributed by atoms with Crippen LogP contribution in [0.2, 0.25) is 0 Å².